The molecule has 2 aromatic rings. The Morgan fingerprint density at radius 3 is 2.10 bits per heavy atom. The molecule has 0 aliphatic heterocycles. The van der Waals surface area contributed by atoms with Gasteiger partial charge in [0.05, 0.1) is 5.71 Å². The summed E-state index contributed by atoms with van der Waals surface area (Å²) in [5.74, 6) is 0. The van der Waals surface area contributed by atoms with Crippen molar-refractivity contribution >= 4 is 11.3 Å². The Morgan fingerprint density at radius 2 is 1.48 bits per heavy atom. The molecule has 0 amide bonds. The van der Waals surface area contributed by atoms with Crippen LogP contribution >= 0.6 is 0 Å². The number of hydrogen-bond donors (Lipinski definition) is 1. The molecule has 0 aliphatic carbocycles. The summed E-state index contributed by atoms with van der Waals surface area (Å²) < 4.78 is 0. The minimum Gasteiger partial charge on any atom is -0.300 e. The molecule has 1 N–H and O–H groups in total. The van der Waals surface area contributed by atoms with Crippen LogP contribution in [0.25, 0.3) is 5.57 Å². The summed E-state index contributed by atoms with van der Waals surface area (Å²) in [6, 6.07) is 16.5. The molecule has 0 heterocycles. The highest BCUT2D eigenvalue weighted by Crippen LogP contribution is 2.15. The largest absolute Gasteiger partial charge is 0.300 e. The van der Waals surface area contributed by atoms with Gasteiger partial charge in [0.1, 0.15) is 0 Å². The van der Waals surface area contributed by atoms with Gasteiger partial charge in [-0.05, 0) is 49.6 Å². The SMILES string of the molecule is C/C(=C\C=C/C(=N)c1cccc(C)c1)c1cccc(C)c1. The van der Waals surface area contributed by atoms with E-state index in [2.05, 4.69) is 44.2 Å². The smallest absolute Gasteiger partial charge is 0.0612 e. The Bertz CT molecular complexity index is 705. The Morgan fingerprint density at radius 1 is 0.905 bits per heavy atom. The number of benzene rings is 2. The Labute approximate surface area is 127 Å². The second-order valence-corrected chi connectivity index (χ2v) is 5.36. The molecule has 0 unspecified atom stereocenters. The molecule has 0 aliphatic rings. The van der Waals surface area contributed by atoms with E-state index in [-0.39, 0.29) is 0 Å². The van der Waals surface area contributed by atoms with Crippen LogP contribution in [-0.4, -0.2) is 5.71 Å². The Hall–Kier alpha value is -2.41. The van der Waals surface area contributed by atoms with Crippen molar-refractivity contribution in [3.8, 4) is 0 Å². The third-order valence-corrected chi connectivity index (χ3v) is 3.41. The lowest BCUT2D eigenvalue weighted by Gasteiger charge is -2.02. The summed E-state index contributed by atoms with van der Waals surface area (Å²) >= 11 is 0. The molecule has 0 fully saturated rings. The first-order valence-corrected chi connectivity index (χ1v) is 7.14. The van der Waals surface area contributed by atoms with E-state index in [1.807, 2.05) is 43.3 Å². The van der Waals surface area contributed by atoms with E-state index in [4.69, 9.17) is 5.41 Å². The molecule has 2 aromatic carbocycles. The van der Waals surface area contributed by atoms with Gasteiger partial charge in [0.15, 0.2) is 0 Å². The van der Waals surface area contributed by atoms with Crippen LogP contribution in [0.4, 0.5) is 0 Å². The monoisotopic (exact) mass is 275 g/mol. The zero-order valence-electron chi connectivity index (χ0n) is 12.9. The standard InChI is InChI=1S/C20H21N/c1-15-7-4-10-18(13-15)17(3)9-6-12-20(21)19-11-5-8-16(2)14-19/h4-14,21H,1-3H3/b12-6-,17-9+,21-20?. The zero-order chi connectivity index (χ0) is 15.2. The number of hydrogen-bond acceptors (Lipinski definition) is 1. The van der Waals surface area contributed by atoms with Crippen molar-refractivity contribution in [1.29, 1.82) is 5.41 Å². The maximum absolute atomic E-state index is 8.09. The molecule has 0 saturated carbocycles. The van der Waals surface area contributed by atoms with Gasteiger partial charge in [-0.25, -0.2) is 0 Å². The zero-order valence-corrected chi connectivity index (χ0v) is 12.9. The van der Waals surface area contributed by atoms with Crippen molar-refractivity contribution in [1.82, 2.24) is 0 Å². The van der Waals surface area contributed by atoms with E-state index in [9.17, 15) is 0 Å². The molecule has 21 heavy (non-hydrogen) atoms. The first-order valence-electron chi connectivity index (χ1n) is 7.14. The van der Waals surface area contributed by atoms with Crippen LogP contribution in [0.5, 0.6) is 0 Å². The van der Waals surface area contributed by atoms with Gasteiger partial charge in [-0.3, -0.25) is 0 Å². The molecule has 0 saturated heterocycles. The van der Waals surface area contributed by atoms with Crippen molar-refractivity contribution in [2.75, 3.05) is 0 Å². The van der Waals surface area contributed by atoms with Crippen LogP contribution < -0.4 is 0 Å². The van der Waals surface area contributed by atoms with Gasteiger partial charge in [0, 0.05) is 0 Å². The van der Waals surface area contributed by atoms with Gasteiger partial charge in [0.2, 0.25) is 0 Å². The minimum absolute atomic E-state index is 0.534. The van der Waals surface area contributed by atoms with Crippen molar-refractivity contribution in [2.24, 2.45) is 0 Å². The maximum Gasteiger partial charge on any atom is 0.0612 e. The van der Waals surface area contributed by atoms with E-state index >= 15 is 0 Å². The third-order valence-electron chi connectivity index (χ3n) is 3.41. The average Bonchev–Trinajstić information content (AvgIpc) is 2.47. The maximum atomic E-state index is 8.09. The fourth-order valence-corrected chi connectivity index (χ4v) is 2.18. The van der Waals surface area contributed by atoms with Gasteiger partial charge in [-0.2, -0.15) is 0 Å². The molecule has 2 rings (SSSR count). The molecular formula is C20H21N. The van der Waals surface area contributed by atoms with E-state index < -0.39 is 0 Å². The van der Waals surface area contributed by atoms with Crippen LogP contribution in [-0.2, 0) is 0 Å². The van der Waals surface area contributed by atoms with Gasteiger partial charge in [-0.1, -0.05) is 65.7 Å². The molecule has 0 radical (unpaired) electrons. The van der Waals surface area contributed by atoms with Crippen molar-refractivity contribution in [3.05, 3.63) is 89.0 Å². The molecular weight excluding hydrogens is 254 g/mol. The normalized spacial score (nSPS) is 11.9. The molecule has 0 atom stereocenters. The topological polar surface area (TPSA) is 23.9 Å². The number of nitrogens with one attached hydrogen (secondary N) is 1. The van der Waals surface area contributed by atoms with E-state index in [0.717, 1.165) is 5.56 Å². The second-order valence-electron chi connectivity index (χ2n) is 5.36. The van der Waals surface area contributed by atoms with Crippen LogP contribution in [0, 0.1) is 19.3 Å². The minimum atomic E-state index is 0.534. The first kappa shape index (κ1) is 15.0. The predicted octanol–water partition coefficient (Wildman–Crippen LogP) is 5.33. The highest BCUT2D eigenvalue weighted by atomic mass is 14.4. The van der Waals surface area contributed by atoms with E-state index in [1.165, 1.54) is 22.3 Å². The van der Waals surface area contributed by atoms with Crippen LogP contribution in [0.2, 0.25) is 0 Å². The lowest BCUT2D eigenvalue weighted by atomic mass is 10.0. The summed E-state index contributed by atoms with van der Waals surface area (Å²) in [6.07, 6.45) is 5.84. The molecule has 0 spiro atoms. The number of aryl methyl sites for hydroxylation is 2. The van der Waals surface area contributed by atoms with Gasteiger partial charge in [-0.15, -0.1) is 0 Å². The van der Waals surface area contributed by atoms with Gasteiger partial charge >= 0.3 is 0 Å². The van der Waals surface area contributed by atoms with Crippen LogP contribution in [0.15, 0.2) is 66.8 Å². The molecule has 0 bridgehead atoms. The van der Waals surface area contributed by atoms with Crippen LogP contribution in [0.3, 0.4) is 0 Å². The van der Waals surface area contributed by atoms with E-state index in [0.29, 0.717) is 5.71 Å². The highest BCUT2D eigenvalue weighted by molar-refractivity contribution is 6.06. The fraction of sp³-hybridized carbons (Fsp3) is 0.150. The van der Waals surface area contributed by atoms with Crippen LogP contribution in [0.1, 0.15) is 29.2 Å². The quantitative estimate of drug-likeness (QED) is 0.576. The summed E-state index contributed by atoms with van der Waals surface area (Å²) in [6.45, 7) is 6.23. The summed E-state index contributed by atoms with van der Waals surface area (Å²) in [4.78, 5) is 0. The van der Waals surface area contributed by atoms with Gasteiger partial charge < -0.3 is 5.41 Å². The third kappa shape index (κ3) is 4.28. The summed E-state index contributed by atoms with van der Waals surface area (Å²) in [7, 11) is 0. The summed E-state index contributed by atoms with van der Waals surface area (Å²) in [5, 5.41) is 8.09. The first-order chi connectivity index (χ1) is 10.1. The Kier molecular flexibility index (Phi) is 4.89. The highest BCUT2D eigenvalue weighted by Gasteiger charge is 1.97. The molecule has 106 valence electrons. The molecule has 0 aromatic heterocycles. The van der Waals surface area contributed by atoms with Gasteiger partial charge in [0.25, 0.3) is 0 Å². The average molecular weight is 275 g/mol. The lowest BCUT2D eigenvalue weighted by Crippen LogP contribution is -1.94. The van der Waals surface area contributed by atoms with Crippen molar-refractivity contribution in [2.45, 2.75) is 20.8 Å². The number of allylic oxidation sites excluding steroid dienone is 4. The molecule has 1 heteroatoms. The molecule has 1 nitrogen and oxygen atoms in total. The van der Waals surface area contributed by atoms with Crippen molar-refractivity contribution < 1.29 is 0 Å². The lowest BCUT2D eigenvalue weighted by molar-refractivity contribution is 1.43. The van der Waals surface area contributed by atoms with Crippen molar-refractivity contribution in [3.63, 3.8) is 0 Å². The predicted molar refractivity (Wildman–Crippen MR) is 92.0 cm³/mol. The number of rotatable bonds is 4. The second kappa shape index (κ2) is 6.85. The Balaban J connectivity index is 2.11. The summed E-state index contributed by atoms with van der Waals surface area (Å²) in [5.41, 5.74) is 6.35. The van der Waals surface area contributed by atoms with E-state index in [1.54, 1.807) is 0 Å². The fourth-order valence-electron chi connectivity index (χ4n) is 2.18.